The first-order valence-corrected chi connectivity index (χ1v) is 14.2. The Morgan fingerprint density at radius 3 is 2.00 bits per heavy atom. The van der Waals surface area contributed by atoms with Gasteiger partial charge in [0.25, 0.3) is 0 Å². The molecule has 2 amide bonds. The number of thioether (sulfide) groups is 1. The Kier molecular flexibility index (Phi) is 8.18. The molecule has 2 aliphatic heterocycles. The third-order valence-corrected chi connectivity index (χ3v) is 9.27. The van der Waals surface area contributed by atoms with Crippen LogP contribution in [0.3, 0.4) is 0 Å². The lowest BCUT2D eigenvalue weighted by molar-refractivity contribution is -0.122. The summed E-state index contributed by atoms with van der Waals surface area (Å²) in [6, 6.07) is 31.8. The molecule has 3 aromatic carbocycles. The van der Waals surface area contributed by atoms with Gasteiger partial charge in [0, 0.05) is 30.3 Å². The van der Waals surface area contributed by atoms with E-state index in [4.69, 9.17) is 4.74 Å². The highest BCUT2D eigenvalue weighted by Gasteiger charge is 2.45. The number of hydrogen-bond donors (Lipinski definition) is 1. The van der Waals surface area contributed by atoms with Gasteiger partial charge in [-0.05, 0) is 36.0 Å². The lowest BCUT2D eigenvalue weighted by atomic mass is 9.84. The van der Waals surface area contributed by atoms with Crippen molar-refractivity contribution in [1.29, 1.82) is 0 Å². The average Bonchev–Trinajstić information content (AvgIpc) is 3.57. The third kappa shape index (κ3) is 5.37. The van der Waals surface area contributed by atoms with E-state index < -0.39 is 4.75 Å². The summed E-state index contributed by atoms with van der Waals surface area (Å²) in [5.74, 6) is 0.0216. The van der Waals surface area contributed by atoms with E-state index in [2.05, 4.69) is 84.7 Å². The Balaban J connectivity index is 1.53. The smallest absolute Gasteiger partial charge is 0.410 e. The van der Waals surface area contributed by atoms with Crippen LogP contribution in [-0.4, -0.2) is 47.9 Å². The van der Waals surface area contributed by atoms with Crippen LogP contribution in [0, 0.1) is 5.92 Å². The quantitative estimate of drug-likeness (QED) is 0.274. The van der Waals surface area contributed by atoms with E-state index >= 15 is 0 Å². The fraction of sp³-hybridized carbons (Fsp3) is 0.312. The molecule has 3 aromatic rings. The molecule has 6 heteroatoms. The molecule has 0 spiro atoms. The summed E-state index contributed by atoms with van der Waals surface area (Å²) in [4.78, 5) is 27.4. The number of likely N-dealkylation sites (tertiary alicyclic amines) is 1. The van der Waals surface area contributed by atoms with E-state index in [-0.39, 0.29) is 35.8 Å². The number of carbonyl (C=O) groups excluding carboxylic acids is 2. The molecule has 0 aliphatic carbocycles. The van der Waals surface area contributed by atoms with E-state index in [0.717, 1.165) is 12.8 Å². The lowest BCUT2D eigenvalue weighted by Gasteiger charge is -2.37. The summed E-state index contributed by atoms with van der Waals surface area (Å²) in [6.45, 7) is 5.12. The lowest BCUT2D eigenvalue weighted by Crippen LogP contribution is -2.38. The first-order valence-electron chi connectivity index (χ1n) is 13.3. The van der Waals surface area contributed by atoms with Crippen molar-refractivity contribution in [3.63, 3.8) is 0 Å². The van der Waals surface area contributed by atoms with E-state index in [1.807, 2.05) is 34.9 Å². The predicted molar refractivity (Wildman–Crippen MR) is 153 cm³/mol. The first kappa shape index (κ1) is 26.1. The maximum absolute atomic E-state index is 13.1. The van der Waals surface area contributed by atoms with Crippen LogP contribution in [0.25, 0.3) is 0 Å². The van der Waals surface area contributed by atoms with Gasteiger partial charge in [-0.15, -0.1) is 11.8 Å². The number of rotatable bonds is 9. The summed E-state index contributed by atoms with van der Waals surface area (Å²) in [6.07, 6.45) is 3.52. The van der Waals surface area contributed by atoms with Crippen LogP contribution in [0.1, 0.15) is 36.0 Å². The fourth-order valence-electron chi connectivity index (χ4n) is 5.79. The van der Waals surface area contributed by atoms with Crippen molar-refractivity contribution in [2.75, 3.05) is 19.7 Å². The van der Waals surface area contributed by atoms with E-state index in [9.17, 15) is 9.59 Å². The number of hydrogen-bond acceptors (Lipinski definition) is 4. The molecule has 2 heterocycles. The molecule has 2 aliphatic rings. The van der Waals surface area contributed by atoms with Crippen LogP contribution >= 0.6 is 11.8 Å². The molecule has 1 N–H and O–H groups in total. The minimum absolute atomic E-state index is 0.0568. The van der Waals surface area contributed by atoms with Gasteiger partial charge in [-0.25, -0.2) is 4.79 Å². The van der Waals surface area contributed by atoms with Crippen LogP contribution in [0.15, 0.2) is 104 Å². The second-order valence-corrected chi connectivity index (χ2v) is 11.5. The Morgan fingerprint density at radius 1 is 0.974 bits per heavy atom. The fourth-order valence-corrected chi connectivity index (χ4v) is 7.66. The second kappa shape index (κ2) is 11.9. The standard InChI is InChI=1S/C32H34N2O3S/c1-2-20-37-31(36)34-23-29(22-28(34)21-24-18-19-33-30(24)35)38-32(25-12-6-3-7-13-25,26-14-8-4-9-15-26)27-16-10-5-11-17-27/h2-17,24,28-29H,1,18-23H2,(H,33,35). The minimum Gasteiger partial charge on any atom is -0.445 e. The maximum Gasteiger partial charge on any atom is 0.410 e. The second-order valence-electron chi connectivity index (χ2n) is 9.94. The molecule has 0 bridgehead atoms. The molecule has 0 aromatic heterocycles. The molecule has 3 atom stereocenters. The molecule has 2 saturated heterocycles. The predicted octanol–water partition coefficient (Wildman–Crippen LogP) is 6.00. The van der Waals surface area contributed by atoms with Crippen molar-refractivity contribution in [3.8, 4) is 0 Å². The topological polar surface area (TPSA) is 58.6 Å². The molecule has 38 heavy (non-hydrogen) atoms. The normalized spacial score (nSPS) is 21.2. The molecule has 5 nitrogen and oxygen atoms in total. The van der Waals surface area contributed by atoms with Crippen molar-refractivity contribution < 1.29 is 14.3 Å². The van der Waals surface area contributed by atoms with Gasteiger partial charge in [-0.1, -0.05) is 104 Å². The average molecular weight is 527 g/mol. The Labute approximate surface area is 229 Å². The van der Waals surface area contributed by atoms with Crippen LogP contribution in [0.5, 0.6) is 0 Å². The van der Waals surface area contributed by atoms with Crippen molar-refractivity contribution in [1.82, 2.24) is 10.2 Å². The molecule has 0 saturated carbocycles. The Hall–Kier alpha value is -3.51. The number of nitrogens with zero attached hydrogens (tertiary/aromatic N) is 1. The van der Waals surface area contributed by atoms with Crippen LogP contribution in [-0.2, 0) is 14.3 Å². The van der Waals surface area contributed by atoms with Gasteiger partial charge in [0.15, 0.2) is 0 Å². The highest BCUT2D eigenvalue weighted by Crippen LogP contribution is 2.52. The van der Waals surface area contributed by atoms with Gasteiger partial charge < -0.3 is 15.0 Å². The monoisotopic (exact) mass is 526 g/mol. The summed E-state index contributed by atoms with van der Waals surface area (Å²) >= 11 is 1.90. The van der Waals surface area contributed by atoms with Crippen LogP contribution < -0.4 is 5.32 Å². The molecular weight excluding hydrogens is 492 g/mol. The highest BCUT2D eigenvalue weighted by atomic mass is 32.2. The minimum atomic E-state index is -0.467. The Bertz CT molecular complexity index is 1140. The van der Waals surface area contributed by atoms with E-state index in [1.165, 1.54) is 16.7 Å². The van der Waals surface area contributed by atoms with Gasteiger partial charge in [-0.3, -0.25) is 4.79 Å². The zero-order chi connectivity index (χ0) is 26.4. The Morgan fingerprint density at radius 2 is 1.53 bits per heavy atom. The maximum atomic E-state index is 13.1. The van der Waals surface area contributed by atoms with Gasteiger partial charge >= 0.3 is 6.09 Å². The van der Waals surface area contributed by atoms with Crippen LogP contribution in [0.2, 0.25) is 0 Å². The highest BCUT2D eigenvalue weighted by molar-refractivity contribution is 8.01. The molecule has 3 unspecified atom stereocenters. The third-order valence-electron chi connectivity index (χ3n) is 7.54. The van der Waals surface area contributed by atoms with Crippen molar-refractivity contribution in [2.45, 2.75) is 35.3 Å². The number of amides is 2. The van der Waals surface area contributed by atoms with Crippen molar-refractivity contribution >= 4 is 23.8 Å². The van der Waals surface area contributed by atoms with Gasteiger partial charge in [0.2, 0.25) is 5.91 Å². The molecular formula is C32H34N2O3S. The number of ether oxygens (including phenoxy) is 1. The number of carbonyl (C=O) groups is 2. The summed E-state index contributed by atoms with van der Waals surface area (Å²) in [5.41, 5.74) is 3.59. The summed E-state index contributed by atoms with van der Waals surface area (Å²) in [7, 11) is 0. The zero-order valence-electron chi connectivity index (χ0n) is 21.5. The van der Waals surface area contributed by atoms with Gasteiger partial charge in [0.1, 0.15) is 6.61 Å². The molecule has 0 radical (unpaired) electrons. The SMILES string of the molecule is C=CCOC(=O)N1CC(SC(c2ccccc2)(c2ccccc2)c2ccccc2)CC1CC1CCNC1=O. The van der Waals surface area contributed by atoms with Gasteiger partial charge in [-0.2, -0.15) is 0 Å². The van der Waals surface area contributed by atoms with Crippen molar-refractivity contribution in [2.24, 2.45) is 5.92 Å². The molecule has 5 rings (SSSR count). The molecule has 2 fully saturated rings. The van der Waals surface area contributed by atoms with Crippen LogP contribution in [0.4, 0.5) is 4.79 Å². The number of benzene rings is 3. The van der Waals surface area contributed by atoms with E-state index in [1.54, 1.807) is 6.08 Å². The summed E-state index contributed by atoms with van der Waals surface area (Å²) in [5, 5.41) is 3.08. The van der Waals surface area contributed by atoms with Crippen molar-refractivity contribution in [3.05, 3.63) is 120 Å². The first-order chi connectivity index (χ1) is 18.6. The van der Waals surface area contributed by atoms with E-state index in [0.29, 0.717) is 19.5 Å². The summed E-state index contributed by atoms with van der Waals surface area (Å²) < 4.78 is 5.02. The number of nitrogens with one attached hydrogen (secondary N) is 1. The molecule has 196 valence electrons. The van der Waals surface area contributed by atoms with Gasteiger partial charge in [0.05, 0.1) is 4.75 Å². The zero-order valence-corrected chi connectivity index (χ0v) is 22.3. The largest absolute Gasteiger partial charge is 0.445 e.